The van der Waals surface area contributed by atoms with E-state index in [2.05, 4.69) is 13.8 Å². The fourth-order valence-electron chi connectivity index (χ4n) is 2.83. The van der Waals surface area contributed by atoms with Crippen molar-refractivity contribution in [2.45, 2.75) is 84.5 Å². The normalized spacial score (nSPS) is 12.2. The molecule has 0 aliphatic rings. The minimum Gasteiger partial charge on any atom is -0.466 e. The van der Waals surface area contributed by atoms with E-state index < -0.39 is 0 Å². The number of hydrogen-bond acceptors (Lipinski definition) is 6. The quantitative estimate of drug-likeness (QED) is 0.275. The lowest BCUT2D eigenvalue weighted by Gasteiger charge is -2.19. The van der Waals surface area contributed by atoms with Gasteiger partial charge in [-0.25, -0.2) is 0 Å². The number of ether oxygens (including phenoxy) is 2. The summed E-state index contributed by atoms with van der Waals surface area (Å²) in [6.07, 6.45) is 8.34. The first kappa shape index (κ1) is 25.9. The van der Waals surface area contributed by atoms with Gasteiger partial charge < -0.3 is 19.7 Å². The zero-order valence-corrected chi connectivity index (χ0v) is 17.3. The minimum atomic E-state index is -0.208. The topological polar surface area (TPSA) is 93.1 Å². The van der Waals surface area contributed by atoms with Crippen LogP contribution >= 0.6 is 0 Å². The summed E-state index contributed by atoms with van der Waals surface area (Å²) in [6.45, 7) is 5.38. The van der Waals surface area contributed by atoms with E-state index in [9.17, 15) is 9.59 Å². The van der Waals surface area contributed by atoms with Crippen LogP contribution in [0.5, 0.6) is 0 Å². The predicted octanol–water partition coefficient (Wildman–Crippen LogP) is 3.62. The molecule has 1 unspecified atom stereocenters. The third kappa shape index (κ3) is 16.7. The Kier molecular flexibility index (Phi) is 17.5. The summed E-state index contributed by atoms with van der Waals surface area (Å²) in [4.78, 5) is 23.8. The number of carbonyl (C=O) groups excluding carboxylic acids is 2. The van der Waals surface area contributed by atoms with Crippen LogP contribution in [0.4, 0.5) is 0 Å². The highest BCUT2D eigenvalue weighted by Crippen LogP contribution is 2.22. The van der Waals surface area contributed by atoms with Crippen LogP contribution in [0.2, 0.25) is 0 Å². The Morgan fingerprint density at radius 2 is 1.22 bits per heavy atom. The third-order valence-corrected chi connectivity index (χ3v) is 4.72. The standard InChI is InChI=1S/C21H40O6/c1-18(2)19(17-21(25)27-16-10-6-4-8-14-23)11-12-20(24)26-15-9-5-3-7-13-22/h18-19,22-23H,3-17H2,1-2H3. The van der Waals surface area contributed by atoms with Crippen LogP contribution in [0.25, 0.3) is 0 Å². The van der Waals surface area contributed by atoms with Gasteiger partial charge in [0.15, 0.2) is 0 Å². The molecule has 160 valence electrons. The Bertz CT molecular complexity index is 370. The van der Waals surface area contributed by atoms with Crippen LogP contribution in [0.15, 0.2) is 0 Å². The van der Waals surface area contributed by atoms with E-state index in [0.29, 0.717) is 38.4 Å². The highest BCUT2D eigenvalue weighted by Gasteiger charge is 2.20. The van der Waals surface area contributed by atoms with E-state index in [1.54, 1.807) is 0 Å². The maximum atomic E-state index is 12.0. The van der Waals surface area contributed by atoms with Crippen molar-refractivity contribution in [2.75, 3.05) is 26.4 Å². The highest BCUT2D eigenvalue weighted by atomic mass is 16.5. The van der Waals surface area contributed by atoms with Gasteiger partial charge in [-0.15, -0.1) is 0 Å². The SMILES string of the molecule is CC(C)C(CCC(=O)OCCCCCCO)CC(=O)OCCCCCCO. The number of hydrogen-bond donors (Lipinski definition) is 2. The van der Waals surface area contributed by atoms with Crippen LogP contribution in [0, 0.1) is 11.8 Å². The number of rotatable bonds is 18. The van der Waals surface area contributed by atoms with E-state index in [0.717, 1.165) is 51.4 Å². The van der Waals surface area contributed by atoms with E-state index >= 15 is 0 Å². The number of unbranched alkanes of at least 4 members (excludes halogenated alkanes) is 6. The second-order valence-electron chi connectivity index (χ2n) is 7.46. The van der Waals surface area contributed by atoms with Gasteiger partial charge in [-0.05, 0) is 56.8 Å². The molecule has 0 aromatic carbocycles. The Labute approximate surface area is 164 Å². The maximum Gasteiger partial charge on any atom is 0.306 e. The lowest BCUT2D eigenvalue weighted by Crippen LogP contribution is -2.18. The second-order valence-corrected chi connectivity index (χ2v) is 7.46. The molecule has 0 radical (unpaired) electrons. The van der Waals surface area contributed by atoms with Gasteiger partial charge >= 0.3 is 11.9 Å². The zero-order chi connectivity index (χ0) is 20.3. The van der Waals surface area contributed by atoms with Crippen LogP contribution in [-0.2, 0) is 19.1 Å². The van der Waals surface area contributed by atoms with Crippen LogP contribution < -0.4 is 0 Å². The molecule has 0 aromatic rings. The Hall–Kier alpha value is -1.14. The van der Waals surface area contributed by atoms with Gasteiger partial charge in [0.25, 0.3) is 0 Å². The Morgan fingerprint density at radius 1 is 0.741 bits per heavy atom. The van der Waals surface area contributed by atoms with Gasteiger partial charge in [-0.2, -0.15) is 0 Å². The summed E-state index contributed by atoms with van der Waals surface area (Å²) in [5, 5.41) is 17.4. The molecule has 0 aromatic heterocycles. The molecule has 0 saturated heterocycles. The molecule has 0 spiro atoms. The smallest absolute Gasteiger partial charge is 0.306 e. The first-order valence-corrected chi connectivity index (χ1v) is 10.5. The molecule has 0 amide bonds. The monoisotopic (exact) mass is 388 g/mol. The summed E-state index contributed by atoms with van der Waals surface area (Å²) in [6, 6.07) is 0. The van der Waals surface area contributed by atoms with Gasteiger partial charge in [0.1, 0.15) is 0 Å². The molecule has 0 bridgehead atoms. The Balaban J connectivity index is 3.88. The lowest BCUT2D eigenvalue weighted by atomic mass is 9.88. The molecule has 0 fully saturated rings. The van der Waals surface area contributed by atoms with Gasteiger partial charge in [0, 0.05) is 26.1 Å². The van der Waals surface area contributed by atoms with Gasteiger partial charge in [-0.3, -0.25) is 9.59 Å². The number of aliphatic hydroxyl groups excluding tert-OH is 2. The summed E-state index contributed by atoms with van der Waals surface area (Å²) in [5.41, 5.74) is 0. The molecule has 27 heavy (non-hydrogen) atoms. The second kappa shape index (κ2) is 18.2. The first-order valence-electron chi connectivity index (χ1n) is 10.5. The molecule has 0 aliphatic carbocycles. The van der Waals surface area contributed by atoms with Crippen LogP contribution in [0.1, 0.15) is 84.5 Å². The molecular weight excluding hydrogens is 348 g/mol. The fourth-order valence-corrected chi connectivity index (χ4v) is 2.83. The van der Waals surface area contributed by atoms with Gasteiger partial charge in [0.2, 0.25) is 0 Å². The summed E-state index contributed by atoms with van der Waals surface area (Å²) < 4.78 is 10.5. The van der Waals surface area contributed by atoms with Crippen LogP contribution in [-0.4, -0.2) is 48.6 Å². The van der Waals surface area contributed by atoms with Crippen molar-refractivity contribution in [3.63, 3.8) is 0 Å². The first-order chi connectivity index (χ1) is 13.0. The van der Waals surface area contributed by atoms with Gasteiger partial charge in [-0.1, -0.05) is 26.7 Å². The van der Waals surface area contributed by atoms with Crippen molar-refractivity contribution in [1.82, 2.24) is 0 Å². The van der Waals surface area contributed by atoms with Gasteiger partial charge in [0.05, 0.1) is 13.2 Å². The zero-order valence-electron chi connectivity index (χ0n) is 17.3. The average molecular weight is 389 g/mol. The average Bonchev–Trinajstić information content (AvgIpc) is 2.64. The van der Waals surface area contributed by atoms with E-state index in [1.807, 2.05) is 0 Å². The molecule has 1 atom stereocenters. The molecule has 6 heteroatoms. The molecular formula is C21H40O6. The van der Waals surface area contributed by atoms with E-state index in [-0.39, 0.29) is 31.1 Å². The summed E-state index contributed by atoms with van der Waals surface area (Å²) in [5.74, 6) is 0.00514. The Morgan fingerprint density at radius 3 is 1.70 bits per heavy atom. The lowest BCUT2D eigenvalue weighted by molar-refractivity contribution is -0.147. The number of carbonyl (C=O) groups is 2. The molecule has 0 heterocycles. The van der Waals surface area contributed by atoms with Crippen molar-refractivity contribution in [2.24, 2.45) is 11.8 Å². The number of aliphatic hydroxyl groups is 2. The largest absolute Gasteiger partial charge is 0.466 e. The third-order valence-electron chi connectivity index (χ3n) is 4.72. The van der Waals surface area contributed by atoms with Crippen molar-refractivity contribution in [3.8, 4) is 0 Å². The molecule has 0 rings (SSSR count). The van der Waals surface area contributed by atoms with Crippen molar-refractivity contribution < 1.29 is 29.3 Å². The maximum absolute atomic E-state index is 12.0. The molecule has 0 aliphatic heterocycles. The summed E-state index contributed by atoms with van der Waals surface area (Å²) in [7, 11) is 0. The van der Waals surface area contributed by atoms with Crippen LogP contribution in [0.3, 0.4) is 0 Å². The highest BCUT2D eigenvalue weighted by molar-refractivity contribution is 5.71. The fraction of sp³-hybridized carbons (Fsp3) is 0.905. The predicted molar refractivity (Wildman–Crippen MR) is 105 cm³/mol. The van der Waals surface area contributed by atoms with Crippen molar-refractivity contribution in [1.29, 1.82) is 0 Å². The van der Waals surface area contributed by atoms with E-state index in [1.165, 1.54) is 0 Å². The molecule has 0 saturated carbocycles. The van der Waals surface area contributed by atoms with E-state index in [4.69, 9.17) is 19.7 Å². The van der Waals surface area contributed by atoms with Crippen molar-refractivity contribution in [3.05, 3.63) is 0 Å². The summed E-state index contributed by atoms with van der Waals surface area (Å²) >= 11 is 0. The molecule has 2 N–H and O–H groups in total. The molecule has 6 nitrogen and oxygen atoms in total. The minimum absolute atomic E-state index is 0.115. The number of esters is 2. The van der Waals surface area contributed by atoms with Crippen molar-refractivity contribution >= 4 is 11.9 Å².